The Hall–Kier alpha value is -0.480. The van der Waals surface area contributed by atoms with Crippen LogP contribution in [-0.2, 0) is 0 Å². The third-order valence-corrected chi connectivity index (χ3v) is 3.77. The molecule has 3 atom stereocenters. The highest BCUT2D eigenvalue weighted by molar-refractivity contribution is 4.93. The molecule has 0 heterocycles. The Morgan fingerprint density at radius 3 is 2.80 bits per heavy atom. The van der Waals surface area contributed by atoms with E-state index >= 15 is 0 Å². The van der Waals surface area contributed by atoms with Gasteiger partial charge >= 0.3 is 0 Å². The Kier molecular flexibility index (Phi) is 5.79. The van der Waals surface area contributed by atoms with Crippen LogP contribution >= 0.6 is 0 Å². The predicted molar refractivity (Wildman–Crippen MR) is 66.7 cm³/mol. The maximum atomic E-state index is 5.44. The fraction of sp³-hybridized carbons (Fsp3) is 0.857. The summed E-state index contributed by atoms with van der Waals surface area (Å²) in [6.07, 6.45) is 13.3. The van der Waals surface area contributed by atoms with E-state index in [2.05, 4.69) is 25.1 Å². The fourth-order valence-electron chi connectivity index (χ4n) is 2.86. The standard InChI is InChI=1S/C14H25N/c1-4-8-14(15-6-3)13-10-7-9-12(5-2)11-13/h1,12-15H,5-11H2,2-3H3. The van der Waals surface area contributed by atoms with E-state index < -0.39 is 0 Å². The average Bonchev–Trinajstić information content (AvgIpc) is 2.29. The summed E-state index contributed by atoms with van der Waals surface area (Å²) in [6, 6.07) is 0.564. The van der Waals surface area contributed by atoms with Crippen LogP contribution < -0.4 is 5.32 Å². The highest BCUT2D eigenvalue weighted by atomic mass is 14.9. The number of nitrogens with one attached hydrogen (secondary N) is 1. The van der Waals surface area contributed by atoms with E-state index in [0.717, 1.165) is 24.8 Å². The minimum atomic E-state index is 0.564. The zero-order valence-corrected chi connectivity index (χ0v) is 10.3. The molecule has 0 saturated heterocycles. The van der Waals surface area contributed by atoms with Gasteiger partial charge in [-0.25, -0.2) is 0 Å². The second-order valence-electron chi connectivity index (χ2n) is 4.77. The van der Waals surface area contributed by atoms with Gasteiger partial charge in [-0.2, -0.15) is 0 Å². The van der Waals surface area contributed by atoms with Gasteiger partial charge in [-0.15, -0.1) is 12.3 Å². The molecule has 1 fully saturated rings. The SMILES string of the molecule is C#CCC(NCC)C1CCCC(CC)C1. The van der Waals surface area contributed by atoms with Gasteiger partial charge in [0, 0.05) is 12.5 Å². The first kappa shape index (κ1) is 12.6. The summed E-state index contributed by atoms with van der Waals surface area (Å²) >= 11 is 0. The molecule has 1 N–H and O–H groups in total. The minimum Gasteiger partial charge on any atom is -0.313 e. The summed E-state index contributed by atoms with van der Waals surface area (Å²) < 4.78 is 0. The zero-order chi connectivity index (χ0) is 11.1. The lowest BCUT2D eigenvalue weighted by Crippen LogP contribution is -2.38. The van der Waals surface area contributed by atoms with Crippen LogP contribution in [0.25, 0.3) is 0 Å². The number of terminal acetylenes is 1. The largest absolute Gasteiger partial charge is 0.313 e. The molecule has 0 aliphatic heterocycles. The van der Waals surface area contributed by atoms with Crippen LogP contribution in [0, 0.1) is 24.2 Å². The van der Waals surface area contributed by atoms with E-state index in [0.29, 0.717) is 6.04 Å². The molecule has 0 aromatic heterocycles. The van der Waals surface area contributed by atoms with Crippen molar-refractivity contribution in [2.75, 3.05) is 6.54 Å². The summed E-state index contributed by atoms with van der Waals surface area (Å²) in [4.78, 5) is 0. The van der Waals surface area contributed by atoms with Crippen molar-refractivity contribution in [2.45, 2.75) is 58.4 Å². The van der Waals surface area contributed by atoms with Crippen molar-refractivity contribution in [1.29, 1.82) is 0 Å². The summed E-state index contributed by atoms with van der Waals surface area (Å²) in [5, 5.41) is 3.56. The van der Waals surface area contributed by atoms with Crippen LogP contribution in [-0.4, -0.2) is 12.6 Å². The summed E-state index contributed by atoms with van der Waals surface area (Å²) in [5.41, 5.74) is 0. The molecule has 0 aromatic rings. The second kappa shape index (κ2) is 6.90. The summed E-state index contributed by atoms with van der Waals surface area (Å²) in [5.74, 6) is 4.59. The van der Waals surface area contributed by atoms with Crippen molar-refractivity contribution in [3.05, 3.63) is 0 Å². The van der Waals surface area contributed by atoms with E-state index in [1.165, 1.54) is 32.1 Å². The van der Waals surface area contributed by atoms with Crippen molar-refractivity contribution < 1.29 is 0 Å². The van der Waals surface area contributed by atoms with Crippen LogP contribution in [0.4, 0.5) is 0 Å². The molecule has 1 heteroatoms. The maximum Gasteiger partial charge on any atom is 0.0243 e. The number of hydrogen-bond donors (Lipinski definition) is 1. The molecule has 15 heavy (non-hydrogen) atoms. The molecule has 3 unspecified atom stereocenters. The van der Waals surface area contributed by atoms with Crippen molar-refractivity contribution in [2.24, 2.45) is 11.8 Å². The predicted octanol–water partition coefficient (Wildman–Crippen LogP) is 3.20. The van der Waals surface area contributed by atoms with Crippen LogP contribution in [0.3, 0.4) is 0 Å². The van der Waals surface area contributed by atoms with Crippen molar-refractivity contribution in [3.63, 3.8) is 0 Å². The molecule has 0 bridgehead atoms. The molecule has 1 nitrogen and oxygen atoms in total. The second-order valence-corrected chi connectivity index (χ2v) is 4.77. The van der Waals surface area contributed by atoms with Gasteiger partial charge < -0.3 is 5.32 Å². The smallest absolute Gasteiger partial charge is 0.0243 e. The molecule has 0 aromatic carbocycles. The van der Waals surface area contributed by atoms with Gasteiger partial charge in [0.2, 0.25) is 0 Å². The molecule has 1 saturated carbocycles. The van der Waals surface area contributed by atoms with Crippen LogP contribution in [0.2, 0.25) is 0 Å². The monoisotopic (exact) mass is 207 g/mol. The Bertz CT molecular complexity index is 204. The molecular formula is C14H25N. The van der Waals surface area contributed by atoms with Gasteiger partial charge in [0.15, 0.2) is 0 Å². The summed E-state index contributed by atoms with van der Waals surface area (Å²) in [7, 11) is 0. The Morgan fingerprint density at radius 2 is 2.20 bits per heavy atom. The number of rotatable bonds is 5. The maximum absolute atomic E-state index is 5.44. The molecule has 1 aliphatic carbocycles. The molecule has 0 radical (unpaired) electrons. The van der Waals surface area contributed by atoms with E-state index in [1.54, 1.807) is 0 Å². The highest BCUT2D eigenvalue weighted by Gasteiger charge is 2.26. The highest BCUT2D eigenvalue weighted by Crippen LogP contribution is 2.33. The van der Waals surface area contributed by atoms with Crippen molar-refractivity contribution in [1.82, 2.24) is 5.32 Å². The lowest BCUT2D eigenvalue weighted by molar-refractivity contribution is 0.211. The summed E-state index contributed by atoms with van der Waals surface area (Å²) in [6.45, 7) is 5.53. The molecular weight excluding hydrogens is 182 g/mol. The molecule has 86 valence electrons. The van der Waals surface area contributed by atoms with Crippen LogP contribution in [0.5, 0.6) is 0 Å². The van der Waals surface area contributed by atoms with E-state index in [-0.39, 0.29) is 0 Å². The Morgan fingerprint density at radius 1 is 1.40 bits per heavy atom. The van der Waals surface area contributed by atoms with Gasteiger partial charge in [0.1, 0.15) is 0 Å². The Balaban J connectivity index is 2.47. The topological polar surface area (TPSA) is 12.0 Å². The lowest BCUT2D eigenvalue weighted by atomic mass is 9.76. The number of hydrogen-bond acceptors (Lipinski definition) is 1. The van der Waals surface area contributed by atoms with E-state index in [4.69, 9.17) is 6.42 Å². The fourth-order valence-corrected chi connectivity index (χ4v) is 2.86. The first-order valence-corrected chi connectivity index (χ1v) is 6.48. The van der Waals surface area contributed by atoms with Crippen LogP contribution in [0.1, 0.15) is 52.4 Å². The van der Waals surface area contributed by atoms with Gasteiger partial charge in [-0.3, -0.25) is 0 Å². The molecule has 1 aliphatic rings. The first-order valence-electron chi connectivity index (χ1n) is 6.48. The van der Waals surface area contributed by atoms with Gasteiger partial charge in [0.05, 0.1) is 0 Å². The lowest BCUT2D eigenvalue weighted by Gasteiger charge is -2.34. The quantitative estimate of drug-likeness (QED) is 0.683. The molecule has 0 amide bonds. The van der Waals surface area contributed by atoms with E-state index in [1.807, 2.05) is 0 Å². The third kappa shape index (κ3) is 3.87. The zero-order valence-electron chi connectivity index (χ0n) is 10.3. The third-order valence-electron chi connectivity index (χ3n) is 3.77. The Labute approximate surface area is 95.0 Å². The van der Waals surface area contributed by atoms with Crippen molar-refractivity contribution in [3.8, 4) is 12.3 Å². The van der Waals surface area contributed by atoms with Crippen molar-refractivity contribution >= 4 is 0 Å². The molecule has 1 rings (SSSR count). The average molecular weight is 207 g/mol. The van der Waals surface area contributed by atoms with Crippen LogP contribution in [0.15, 0.2) is 0 Å². The van der Waals surface area contributed by atoms with Gasteiger partial charge in [0.25, 0.3) is 0 Å². The van der Waals surface area contributed by atoms with Gasteiger partial charge in [-0.1, -0.05) is 33.1 Å². The first-order chi connectivity index (χ1) is 7.31. The normalized spacial score (nSPS) is 28.3. The van der Waals surface area contributed by atoms with E-state index in [9.17, 15) is 0 Å². The minimum absolute atomic E-state index is 0.564. The molecule has 0 spiro atoms. The van der Waals surface area contributed by atoms with Gasteiger partial charge in [-0.05, 0) is 31.2 Å².